The van der Waals surface area contributed by atoms with Gasteiger partial charge in [0, 0.05) is 24.4 Å². The lowest BCUT2D eigenvalue weighted by Crippen LogP contribution is -2.23. The van der Waals surface area contributed by atoms with E-state index in [1.807, 2.05) is 6.20 Å². The van der Waals surface area contributed by atoms with Crippen LogP contribution < -0.4 is 5.32 Å². The van der Waals surface area contributed by atoms with Gasteiger partial charge in [-0.15, -0.1) is 0 Å². The smallest absolute Gasteiger partial charge is 0.0422 e. The highest BCUT2D eigenvalue weighted by Crippen LogP contribution is 2.18. The third-order valence-corrected chi connectivity index (χ3v) is 3.63. The van der Waals surface area contributed by atoms with E-state index in [-0.39, 0.29) is 0 Å². The van der Waals surface area contributed by atoms with Gasteiger partial charge in [-0.3, -0.25) is 4.98 Å². The molecule has 1 heterocycles. The van der Waals surface area contributed by atoms with Crippen molar-refractivity contribution < 1.29 is 0 Å². The van der Waals surface area contributed by atoms with Gasteiger partial charge in [-0.05, 0) is 42.6 Å². The molecule has 2 rings (SSSR count). The number of pyridine rings is 1. The van der Waals surface area contributed by atoms with Crippen LogP contribution in [0.15, 0.2) is 42.6 Å². The van der Waals surface area contributed by atoms with Gasteiger partial charge in [0.25, 0.3) is 0 Å². The maximum atomic E-state index is 4.52. The number of hydrogen-bond acceptors (Lipinski definition) is 2. The molecule has 0 saturated heterocycles. The lowest BCUT2D eigenvalue weighted by Gasteiger charge is -2.18. The molecule has 1 atom stereocenters. The molecule has 1 aromatic carbocycles. The minimum atomic E-state index is 0.334. The molecular weight excluding hydrogens is 244 g/mol. The quantitative estimate of drug-likeness (QED) is 0.861. The van der Waals surface area contributed by atoms with E-state index in [1.54, 1.807) is 0 Å². The lowest BCUT2D eigenvalue weighted by atomic mass is 9.99. The van der Waals surface area contributed by atoms with E-state index in [1.165, 1.54) is 16.7 Å². The minimum Gasteiger partial charge on any atom is -0.310 e. The molecule has 0 saturated carbocycles. The summed E-state index contributed by atoms with van der Waals surface area (Å²) in [5, 5.41) is 3.56. The monoisotopic (exact) mass is 268 g/mol. The standard InChI is InChI=1S/C18H24N2/c1-4-15-7-9-16(10-8-15)18(19-5-2)12-17-11-6-14(3)13-20-17/h6-11,13,18-19H,4-5,12H2,1-3H3. The zero-order valence-electron chi connectivity index (χ0n) is 12.7. The van der Waals surface area contributed by atoms with Crippen molar-refractivity contribution in [3.8, 4) is 0 Å². The van der Waals surface area contributed by atoms with Gasteiger partial charge in [0.05, 0.1) is 0 Å². The van der Waals surface area contributed by atoms with E-state index in [0.717, 1.165) is 25.1 Å². The fourth-order valence-electron chi connectivity index (χ4n) is 2.37. The number of nitrogens with zero attached hydrogens (tertiary/aromatic N) is 1. The van der Waals surface area contributed by atoms with Crippen LogP contribution >= 0.6 is 0 Å². The fourth-order valence-corrected chi connectivity index (χ4v) is 2.37. The van der Waals surface area contributed by atoms with E-state index in [4.69, 9.17) is 0 Å². The first kappa shape index (κ1) is 14.7. The second-order valence-corrected chi connectivity index (χ2v) is 5.24. The Balaban J connectivity index is 2.14. The predicted octanol–water partition coefficient (Wildman–Crippen LogP) is 3.85. The maximum Gasteiger partial charge on any atom is 0.0422 e. The molecule has 20 heavy (non-hydrogen) atoms. The first-order valence-corrected chi connectivity index (χ1v) is 7.46. The molecule has 106 valence electrons. The van der Waals surface area contributed by atoms with Crippen LogP contribution in [0.5, 0.6) is 0 Å². The Labute approximate surface area is 122 Å². The summed E-state index contributed by atoms with van der Waals surface area (Å²) in [6.45, 7) is 7.37. The third kappa shape index (κ3) is 3.91. The zero-order valence-corrected chi connectivity index (χ0v) is 12.7. The molecule has 0 aliphatic heterocycles. The topological polar surface area (TPSA) is 24.9 Å². The van der Waals surface area contributed by atoms with Gasteiger partial charge in [0.1, 0.15) is 0 Å². The zero-order chi connectivity index (χ0) is 14.4. The van der Waals surface area contributed by atoms with Crippen LogP contribution in [0.3, 0.4) is 0 Å². The van der Waals surface area contributed by atoms with Crippen molar-refractivity contribution in [1.82, 2.24) is 10.3 Å². The first-order valence-electron chi connectivity index (χ1n) is 7.46. The summed E-state index contributed by atoms with van der Waals surface area (Å²) in [4.78, 5) is 4.52. The van der Waals surface area contributed by atoms with Crippen molar-refractivity contribution >= 4 is 0 Å². The van der Waals surface area contributed by atoms with Crippen LogP contribution in [0.4, 0.5) is 0 Å². The summed E-state index contributed by atoms with van der Waals surface area (Å²) < 4.78 is 0. The summed E-state index contributed by atoms with van der Waals surface area (Å²) in [6.07, 6.45) is 3.96. The van der Waals surface area contributed by atoms with Gasteiger partial charge in [-0.25, -0.2) is 0 Å². The molecule has 0 fully saturated rings. The van der Waals surface area contributed by atoms with Crippen molar-refractivity contribution in [3.05, 3.63) is 65.0 Å². The Morgan fingerprint density at radius 2 is 1.80 bits per heavy atom. The lowest BCUT2D eigenvalue weighted by molar-refractivity contribution is 0.544. The first-order chi connectivity index (χ1) is 9.72. The molecule has 0 amide bonds. The summed E-state index contributed by atoms with van der Waals surface area (Å²) >= 11 is 0. The normalized spacial score (nSPS) is 12.3. The van der Waals surface area contributed by atoms with E-state index >= 15 is 0 Å². The summed E-state index contributed by atoms with van der Waals surface area (Å²) in [5.74, 6) is 0. The van der Waals surface area contributed by atoms with E-state index in [2.05, 4.69) is 67.5 Å². The van der Waals surface area contributed by atoms with E-state index in [9.17, 15) is 0 Å². The van der Waals surface area contributed by atoms with Crippen LogP contribution in [0, 0.1) is 6.92 Å². The third-order valence-electron chi connectivity index (χ3n) is 3.63. The Kier molecular flexibility index (Phi) is 5.31. The Morgan fingerprint density at radius 1 is 1.05 bits per heavy atom. The molecule has 2 heteroatoms. The molecule has 0 radical (unpaired) electrons. The molecule has 0 bridgehead atoms. The predicted molar refractivity (Wildman–Crippen MR) is 84.9 cm³/mol. The molecule has 0 spiro atoms. The molecule has 1 aromatic heterocycles. The second-order valence-electron chi connectivity index (χ2n) is 5.24. The van der Waals surface area contributed by atoms with Gasteiger partial charge in [0.15, 0.2) is 0 Å². The molecule has 1 unspecified atom stereocenters. The van der Waals surface area contributed by atoms with Gasteiger partial charge in [0.2, 0.25) is 0 Å². The van der Waals surface area contributed by atoms with Crippen LogP contribution in [0.25, 0.3) is 0 Å². The van der Waals surface area contributed by atoms with Gasteiger partial charge >= 0.3 is 0 Å². The molecule has 0 aliphatic rings. The number of hydrogen-bond donors (Lipinski definition) is 1. The van der Waals surface area contributed by atoms with Crippen LogP contribution in [-0.2, 0) is 12.8 Å². The minimum absolute atomic E-state index is 0.334. The highest BCUT2D eigenvalue weighted by molar-refractivity contribution is 5.26. The number of likely N-dealkylation sites (N-methyl/N-ethyl adjacent to an activating group) is 1. The maximum absolute atomic E-state index is 4.52. The van der Waals surface area contributed by atoms with Gasteiger partial charge in [-0.2, -0.15) is 0 Å². The summed E-state index contributed by atoms with van der Waals surface area (Å²) in [7, 11) is 0. The summed E-state index contributed by atoms with van der Waals surface area (Å²) in [5.41, 5.74) is 5.08. The van der Waals surface area contributed by atoms with Gasteiger partial charge in [-0.1, -0.05) is 44.2 Å². The number of benzene rings is 1. The number of aromatic nitrogens is 1. The van der Waals surface area contributed by atoms with Crippen molar-refractivity contribution in [2.75, 3.05) is 6.54 Å². The summed E-state index contributed by atoms with van der Waals surface area (Å²) in [6, 6.07) is 13.5. The second kappa shape index (κ2) is 7.20. The molecule has 1 N–H and O–H groups in total. The van der Waals surface area contributed by atoms with Crippen LogP contribution in [0.2, 0.25) is 0 Å². The molecule has 2 aromatic rings. The van der Waals surface area contributed by atoms with Crippen LogP contribution in [0.1, 0.15) is 42.3 Å². The Bertz CT molecular complexity index is 514. The Hall–Kier alpha value is -1.67. The highest BCUT2D eigenvalue weighted by Gasteiger charge is 2.11. The fraction of sp³-hybridized carbons (Fsp3) is 0.389. The van der Waals surface area contributed by atoms with Crippen molar-refractivity contribution in [3.63, 3.8) is 0 Å². The van der Waals surface area contributed by atoms with Gasteiger partial charge < -0.3 is 5.32 Å². The van der Waals surface area contributed by atoms with Crippen molar-refractivity contribution in [2.24, 2.45) is 0 Å². The number of aryl methyl sites for hydroxylation is 2. The highest BCUT2D eigenvalue weighted by atomic mass is 14.9. The van der Waals surface area contributed by atoms with Crippen molar-refractivity contribution in [1.29, 1.82) is 0 Å². The van der Waals surface area contributed by atoms with Crippen molar-refractivity contribution in [2.45, 2.75) is 39.7 Å². The molecular formula is C18H24N2. The SMILES string of the molecule is CCNC(Cc1ccc(C)cn1)c1ccc(CC)cc1. The van der Waals surface area contributed by atoms with E-state index < -0.39 is 0 Å². The van der Waals surface area contributed by atoms with E-state index in [0.29, 0.717) is 6.04 Å². The largest absolute Gasteiger partial charge is 0.310 e. The number of rotatable bonds is 6. The van der Waals surface area contributed by atoms with Crippen LogP contribution in [-0.4, -0.2) is 11.5 Å². The average Bonchev–Trinajstić information content (AvgIpc) is 2.49. The molecule has 0 aliphatic carbocycles. The Morgan fingerprint density at radius 3 is 2.35 bits per heavy atom. The average molecular weight is 268 g/mol. The molecule has 2 nitrogen and oxygen atoms in total. The number of nitrogens with one attached hydrogen (secondary N) is 1.